The predicted molar refractivity (Wildman–Crippen MR) is 50.8 cm³/mol. The third kappa shape index (κ3) is 2.33. The van der Waals surface area contributed by atoms with Crippen LogP contribution in [-0.2, 0) is 8.90 Å². The number of rotatable bonds is 0. The molecule has 1 aromatic carbocycles. The minimum Gasteiger partial charge on any atom is -0.290 e. The predicted octanol–water partition coefficient (Wildman–Crippen LogP) is 4.31. The lowest BCUT2D eigenvalue weighted by Crippen LogP contribution is -2.00. The van der Waals surface area contributed by atoms with Gasteiger partial charge in [0.15, 0.2) is 5.75 Å². The van der Waals surface area contributed by atoms with Gasteiger partial charge in [0, 0.05) is 11.6 Å². The van der Waals surface area contributed by atoms with Crippen molar-refractivity contribution in [3.8, 4) is 5.75 Å². The molecule has 1 aromatic rings. The second-order valence-corrected chi connectivity index (χ2v) is 4.83. The van der Waals surface area contributed by atoms with Gasteiger partial charge in [-0.15, -0.1) is 0 Å². The lowest BCUT2D eigenvalue weighted by Gasteiger charge is -2.12. The molecule has 0 saturated carbocycles. The van der Waals surface area contributed by atoms with Crippen molar-refractivity contribution in [2.45, 2.75) is 3.79 Å². The highest BCUT2D eigenvalue weighted by Crippen LogP contribution is 2.42. The summed E-state index contributed by atoms with van der Waals surface area (Å²) in [5, 5.41) is 10.9. The van der Waals surface area contributed by atoms with Crippen molar-refractivity contribution in [3.63, 3.8) is 0 Å². The van der Waals surface area contributed by atoms with E-state index < -0.39 is 3.79 Å². The molecule has 5 heteroatoms. The first-order valence-electron chi connectivity index (χ1n) is 2.95. The largest absolute Gasteiger partial charge is 0.290 e. The monoisotopic (exact) mass is 243 g/mol. The minimum atomic E-state index is -1.58. The molecule has 0 aliphatic carbocycles. The van der Waals surface area contributed by atoms with Gasteiger partial charge in [-0.1, -0.05) is 46.4 Å². The van der Waals surface area contributed by atoms with E-state index in [-0.39, 0.29) is 10.8 Å². The third-order valence-corrected chi connectivity index (χ3v) is 2.17. The molecule has 1 nitrogen and oxygen atoms in total. The van der Waals surface area contributed by atoms with E-state index in [1.165, 1.54) is 18.2 Å². The van der Waals surface area contributed by atoms with Crippen LogP contribution in [0.25, 0.3) is 0 Å². The van der Waals surface area contributed by atoms with Gasteiger partial charge in [-0.2, -0.15) is 0 Å². The maximum atomic E-state index is 10.8. The van der Waals surface area contributed by atoms with Crippen LogP contribution in [0.5, 0.6) is 5.75 Å². The molecule has 0 aliphatic rings. The van der Waals surface area contributed by atoms with Crippen LogP contribution in [0.1, 0.15) is 5.56 Å². The molecule has 0 amide bonds. The lowest BCUT2D eigenvalue weighted by molar-refractivity contribution is 0.355. The molecule has 0 heterocycles. The molecule has 0 aromatic heterocycles. The van der Waals surface area contributed by atoms with Gasteiger partial charge in [-0.3, -0.25) is 5.11 Å². The highest BCUT2D eigenvalue weighted by atomic mass is 35.6. The Morgan fingerprint density at radius 2 is 1.75 bits per heavy atom. The van der Waals surface area contributed by atoms with Crippen molar-refractivity contribution in [2.24, 2.45) is 0 Å². The van der Waals surface area contributed by atoms with Gasteiger partial charge in [0.2, 0.25) is 3.79 Å². The van der Waals surface area contributed by atoms with E-state index in [2.05, 4.69) is 0 Å². The van der Waals surface area contributed by atoms with Crippen LogP contribution in [0.2, 0.25) is 5.02 Å². The Morgan fingerprint density at radius 1 is 1.17 bits per heavy atom. The third-order valence-electron chi connectivity index (χ3n) is 1.25. The maximum Gasteiger partial charge on any atom is 0.217 e. The minimum absolute atomic E-state index is 0.169. The number of hydrogen-bond acceptors (Lipinski definition) is 0. The molecule has 1 rings (SSSR count). The second kappa shape index (κ2) is 3.51. The zero-order chi connectivity index (χ0) is 9.35. The second-order valence-electron chi connectivity index (χ2n) is 2.14. The molecule has 0 atom stereocenters. The lowest BCUT2D eigenvalue weighted by atomic mass is 10.2. The fourth-order valence-corrected chi connectivity index (χ4v) is 1.68. The smallest absolute Gasteiger partial charge is 0.217 e. The van der Waals surface area contributed by atoms with Crippen molar-refractivity contribution >= 4 is 46.4 Å². The molecule has 0 bridgehead atoms. The van der Waals surface area contributed by atoms with Crippen LogP contribution in [0.15, 0.2) is 18.2 Å². The van der Waals surface area contributed by atoms with Crippen LogP contribution in [-0.4, -0.2) is 0 Å². The molecule has 0 fully saturated rings. The van der Waals surface area contributed by atoms with Gasteiger partial charge < -0.3 is 0 Å². The van der Waals surface area contributed by atoms with Gasteiger partial charge in [0.25, 0.3) is 0 Å². The summed E-state index contributed by atoms with van der Waals surface area (Å²) in [6, 6.07) is 3.90. The Bertz CT molecular complexity index is 292. The summed E-state index contributed by atoms with van der Waals surface area (Å²) in [5.41, 5.74) is 0.314. The van der Waals surface area contributed by atoms with Gasteiger partial charge in [0.05, 0.1) is 5.02 Å². The van der Waals surface area contributed by atoms with Crippen molar-refractivity contribution in [1.29, 1.82) is 0 Å². The molecule has 1 radical (unpaired) electrons. The van der Waals surface area contributed by atoms with E-state index >= 15 is 0 Å². The van der Waals surface area contributed by atoms with Gasteiger partial charge in [-0.25, -0.2) is 0 Å². The molecule has 0 aliphatic heterocycles. The first-order valence-corrected chi connectivity index (χ1v) is 4.46. The highest BCUT2D eigenvalue weighted by Gasteiger charge is 2.25. The summed E-state index contributed by atoms with van der Waals surface area (Å²) in [5.74, 6) is -0.210. The number of hydrogen-bond donors (Lipinski definition) is 0. The molecule has 0 N–H and O–H groups in total. The number of alkyl halides is 3. The fraction of sp³-hybridized carbons (Fsp3) is 0.143. The van der Waals surface area contributed by atoms with E-state index in [1.807, 2.05) is 0 Å². The number of benzene rings is 1. The summed E-state index contributed by atoms with van der Waals surface area (Å²) in [7, 11) is 0. The fourth-order valence-electron chi connectivity index (χ4n) is 0.726. The summed E-state index contributed by atoms with van der Waals surface area (Å²) in [6.45, 7) is 0. The van der Waals surface area contributed by atoms with Crippen molar-refractivity contribution < 1.29 is 5.11 Å². The van der Waals surface area contributed by atoms with Crippen molar-refractivity contribution in [2.75, 3.05) is 0 Å². The zero-order valence-corrected chi connectivity index (χ0v) is 8.68. The van der Waals surface area contributed by atoms with E-state index in [9.17, 15) is 5.11 Å². The average Bonchev–Trinajstić information content (AvgIpc) is 1.83. The normalized spacial score (nSPS) is 11.7. The van der Waals surface area contributed by atoms with Crippen LogP contribution < -0.4 is 0 Å². The van der Waals surface area contributed by atoms with Crippen LogP contribution in [0.3, 0.4) is 0 Å². The summed E-state index contributed by atoms with van der Waals surface area (Å²) >= 11 is 22.3. The standard InChI is InChI=1S/C7H3Cl4O/c8-6-3-4(12)1-2-5(6)7(9,10)11/h1-3H. The number of halogens is 4. The van der Waals surface area contributed by atoms with Gasteiger partial charge >= 0.3 is 0 Å². The Kier molecular flexibility index (Phi) is 3.00. The topological polar surface area (TPSA) is 19.9 Å². The molecule has 0 spiro atoms. The first kappa shape index (κ1) is 10.3. The maximum absolute atomic E-state index is 10.8. The van der Waals surface area contributed by atoms with Crippen LogP contribution >= 0.6 is 46.4 Å². The van der Waals surface area contributed by atoms with Crippen LogP contribution in [0, 0.1) is 0 Å². The Hall–Kier alpha value is 0.180. The average molecular weight is 245 g/mol. The Balaban J connectivity index is 3.19. The highest BCUT2D eigenvalue weighted by molar-refractivity contribution is 6.67. The molecule has 0 saturated heterocycles. The summed E-state index contributed by atoms with van der Waals surface area (Å²) in [4.78, 5) is 0. The Labute approximate surface area is 89.8 Å². The zero-order valence-electron chi connectivity index (χ0n) is 5.65. The van der Waals surface area contributed by atoms with E-state index in [0.717, 1.165) is 0 Å². The van der Waals surface area contributed by atoms with Crippen molar-refractivity contribution in [1.82, 2.24) is 0 Å². The summed E-state index contributed by atoms with van der Waals surface area (Å²) in [6.07, 6.45) is 0. The molecular formula is C7H3Cl4O. The summed E-state index contributed by atoms with van der Waals surface area (Å²) < 4.78 is -1.58. The molecule has 12 heavy (non-hydrogen) atoms. The molecule has 0 unspecified atom stereocenters. The van der Waals surface area contributed by atoms with Gasteiger partial charge in [-0.05, 0) is 12.1 Å². The SMILES string of the molecule is [O]c1ccc(C(Cl)(Cl)Cl)c(Cl)c1. The Morgan fingerprint density at radius 3 is 2.17 bits per heavy atom. The molecule has 65 valence electrons. The first-order chi connectivity index (χ1) is 5.41. The quantitative estimate of drug-likeness (QED) is 0.607. The van der Waals surface area contributed by atoms with E-state index in [1.54, 1.807) is 0 Å². The van der Waals surface area contributed by atoms with E-state index in [4.69, 9.17) is 46.4 Å². The van der Waals surface area contributed by atoms with E-state index in [0.29, 0.717) is 5.56 Å². The molecular weight excluding hydrogens is 242 g/mol. The van der Waals surface area contributed by atoms with Gasteiger partial charge in [0.1, 0.15) is 0 Å². The van der Waals surface area contributed by atoms with Crippen LogP contribution in [0.4, 0.5) is 0 Å². The van der Waals surface area contributed by atoms with Crippen molar-refractivity contribution in [3.05, 3.63) is 28.8 Å².